The van der Waals surface area contributed by atoms with Crippen LogP contribution in [-0.2, 0) is 4.74 Å². The molecular formula is C14H21NO2. The number of benzene rings is 1. The van der Waals surface area contributed by atoms with E-state index in [9.17, 15) is 0 Å². The summed E-state index contributed by atoms with van der Waals surface area (Å²) in [4.78, 5) is 0. The molecule has 0 amide bonds. The molecule has 0 spiro atoms. The van der Waals surface area contributed by atoms with Gasteiger partial charge in [0.25, 0.3) is 0 Å². The summed E-state index contributed by atoms with van der Waals surface area (Å²) in [5.74, 6) is 0.938. The van der Waals surface area contributed by atoms with Gasteiger partial charge in [-0.1, -0.05) is 13.0 Å². The highest BCUT2D eigenvalue weighted by Gasteiger charge is 2.13. The fraction of sp³-hybridized carbons (Fsp3) is 0.571. The standard InChI is InChI=1S/C14H21NO2/c1-2-8-17-14-7-3-5-12(10-14)15-13-6-4-9-16-11-13/h3,5,7,10,13,15H,2,4,6,8-9,11H2,1H3. The minimum Gasteiger partial charge on any atom is -0.494 e. The Morgan fingerprint density at radius 3 is 3.18 bits per heavy atom. The van der Waals surface area contributed by atoms with Crippen LogP contribution in [0.4, 0.5) is 5.69 Å². The number of ether oxygens (including phenoxy) is 2. The Bertz CT molecular complexity index is 335. The van der Waals surface area contributed by atoms with Gasteiger partial charge in [-0.05, 0) is 31.4 Å². The van der Waals surface area contributed by atoms with Gasteiger partial charge >= 0.3 is 0 Å². The molecule has 1 fully saturated rings. The summed E-state index contributed by atoms with van der Waals surface area (Å²) in [6.45, 7) is 4.59. The molecule has 0 radical (unpaired) electrons. The number of anilines is 1. The Morgan fingerprint density at radius 2 is 2.41 bits per heavy atom. The molecule has 0 bridgehead atoms. The Balaban J connectivity index is 1.90. The molecule has 3 heteroatoms. The van der Waals surface area contributed by atoms with Crippen molar-refractivity contribution < 1.29 is 9.47 Å². The zero-order valence-corrected chi connectivity index (χ0v) is 10.4. The topological polar surface area (TPSA) is 30.5 Å². The molecule has 1 saturated heterocycles. The number of hydrogen-bond donors (Lipinski definition) is 1. The van der Waals surface area contributed by atoms with Crippen molar-refractivity contribution in [1.29, 1.82) is 0 Å². The van der Waals surface area contributed by atoms with E-state index in [0.717, 1.165) is 44.1 Å². The SMILES string of the molecule is CCCOc1cccc(NC2CCCOC2)c1. The van der Waals surface area contributed by atoms with Crippen LogP contribution in [0, 0.1) is 0 Å². The van der Waals surface area contributed by atoms with Crippen molar-refractivity contribution in [3.8, 4) is 5.75 Å². The molecular weight excluding hydrogens is 214 g/mol. The van der Waals surface area contributed by atoms with Gasteiger partial charge in [0.05, 0.1) is 13.2 Å². The molecule has 1 aromatic rings. The van der Waals surface area contributed by atoms with Crippen LogP contribution in [0.15, 0.2) is 24.3 Å². The van der Waals surface area contributed by atoms with Crippen molar-refractivity contribution in [3.63, 3.8) is 0 Å². The van der Waals surface area contributed by atoms with E-state index in [1.807, 2.05) is 12.1 Å². The second-order valence-corrected chi connectivity index (χ2v) is 4.43. The van der Waals surface area contributed by atoms with Crippen LogP contribution in [0.3, 0.4) is 0 Å². The molecule has 0 aliphatic carbocycles. The molecule has 17 heavy (non-hydrogen) atoms. The highest BCUT2D eigenvalue weighted by molar-refractivity contribution is 5.48. The average molecular weight is 235 g/mol. The summed E-state index contributed by atoms with van der Waals surface area (Å²) < 4.78 is 11.1. The van der Waals surface area contributed by atoms with E-state index in [0.29, 0.717) is 6.04 Å². The summed E-state index contributed by atoms with van der Waals surface area (Å²) in [6.07, 6.45) is 3.36. The fourth-order valence-corrected chi connectivity index (χ4v) is 1.99. The van der Waals surface area contributed by atoms with Crippen molar-refractivity contribution in [2.24, 2.45) is 0 Å². The largest absolute Gasteiger partial charge is 0.494 e. The van der Waals surface area contributed by atoms with E-state index in [1.165, 1.54) is 6.42 Å². The van der Waals surface area contributed by atoms with E-state index in [-0.39, 0.29) is 0 Å². The summed E-state index contributed by atoms with van der Waals surface area (Å²) in [5, 5.41) is 3.49. The van der Waals surface area contributed by atoms with Gasteiger partial charge in [-0.2, -0.15) is 0 Å². The Hall–Kier alpha value is -1.22. The van der Waals surface area contributed by atoms with E-state index < -0.39 is 0 Å². The summed E-state index contributed by atoms with van der Waals surface area (Å²) >= 11 is 0. The van der Waals surface area contributed by atoms with E-state index in [2.05, 4.69) is 24.4 Å². The van der Waals surface area contributed by atoms with Crippen LogP contribution in [0.25, 0.3) is 0 Å². The van der Waals surface area contributed by atoms with Crippen LogP contribution in [0.5, 0.6) is 5.75 Å². The first kappa shape index (κ1) is 12.2. The van der Waals surface area contributed by atoms with Gasteiger partial charge in [-0.25, -0.2) is 0 Å². The lowest BCUT2D eigenvalue weighted by Gasteiger charge is -2.24. The maximum atomic E-state index is 5.61. The molecule has 1 aliphatic rings. The third kappa shape index (κ3) is 3.93. The van der Waals surface area contributed by atoms with Crippen molar-refractivity contribution in [2.75, 3.05) is 25.1 Å². The van der Waals surface area contributed by atoms with Gasteiger partial charge in [-0.3, -0.25) is 0 Å². The zero-order valence-electron chi connectivity index (χ0n) is 10.4. The summed E-state index contributed by atoms with van der Waals surface area (Å²) in [6, 6.07) is 8.59. The third-order valence-corrected chi connectivity index (χ3v) is 2.84. The van der Waals surface area contributed by atoms with E-state index in [1.54, 1.807) is 0 Å². The first-order chi connectivity index (χ1) is 8.38. The Kier molecular flexibility index (Phi) is 4.68. The lowest BCUT2D eigenvalue weighted by Crippen LogP contribution is -2.29. The normalized spacial score (nSPS) is 19.9. The van der Waals surface area contributed by atoms with Crippen LogP contribution < -0.4 is 10.1 Å². The van der Waals surface area contributed by atoms with Crippen LogP contribution in [0.2, 0.25) is 0 Å². The number of nitrogens with one attached hydrogen (secondary N) is 1. The average Bonchev–Trinajstić information content (AvgIpc) is 2.38. The first-order valence-corrected chi connectivity index (χ1v) is 6.45. The van der Waals surface area contributed by atoms with Crippen molar-refractivity contribution in [1.82, 2.24) is 0 Å². The maximum Gasteiger partial charge on any atom is 0.121 e. The predicted octanol–water partition coefficient (Wildman–Crippen LogP) is 3.07. The van der Waals surface area contributed by atoms with Crippen LogP contribution in [0.1, 0.15) is 26.2 Å². The second-order valence-electron chi connectivity index (χ2n) is 4.43. The molecule has 0 aromatic heterocycles. The van der Waals surface area contributed by atoms with Crippen LogP contribution in [-0.4, -0.2) is 25.9 Å². The van der Waals surface area contributed by atoms with Gasteiger partial charge in [0, 0.05) is 24.4 Å². The van der Waals surface area contributed by atoms with Crippen molar-refractivity contribution in [3.05, 3.63) is 24.3 Å². The lowest BCUT2D eigenvalue weighted by atomic mass is 10.1. The molecule has 3 nitrogen and oxygen atoms in total. The number of hydrogen-bond acceptors (Lipinski definition) is 3. The Labute approximate surface area is 103 Å². The van der Waals surface area contributed by atoms with Gasteiger partial charge in [0.15, 0.2) is 0 Å². The second kappa shape index (κ2) is 6.50. The number of rotatable bonds is 5. The van der Waals surface area contributed by atoms with Gasteiger partial charge in [-0.15, -0.1) is 0 Å². The Morgan fingerprint density at radius 1 is 1.47 bits per heavy atom. The highest BCUT2D eigenvalue weighted by Crippen LogP contribution is 2.20. The highest BCUT2D eigenvalue weighted by atomic mass is 16.5. The lowest BCUT2D eigenvalue weighted by molar-refractivity contribution is 0.0876. The molecule has 1 heterocycles. The van der Waals surface area contributed by atoms with E-state index >= 15 is 0 Å². The minimum atomic E-state index is 0.435. The molecule has 1 unspecified atom stereocenters. The van der Waals surface area contributed by atoms with Gasteiger partial charge in [0.2, 0.25) is 0 Å². The van der Waals surface area contributed by atoms with E-state index in [4.69, 9.17) is 9.47 Å². The molecule has 1 N–H and O–H groups in total. The molecule has 1 aliphatic heterocycles. The quantitative estimate of drug-likeness (QED) is 0.850. The zero-order chi connectivity index (χ0) is 11.9. The fourth-order valence-electron chi connectivity index (χ4n) is 1.99. The van der Waals surface area contributed by atoms with Crippen LogP contribution >= 0.6 is 0 Å². The summed E-state index contributed by atoms with van der Waals surface area (Å²) in [5.41, 5.74) is 1.12. The van der Waals surface area contributed by atoms with Gasteiger partial charge in [0.1, 0.15) is 5.75 Å². The molecule has 1 atom stereocenters. The molecule has 2 rings (SSSR count). The predicted molar refractivity (Wildman–Crippen MR) is 69.7 cm³/mol. The molecule has 0 saturated carbocycles. The summed E-state index contributed by atoms with van der Waals surface area (Å²) in [7, 11) is 0. The van der Waals surface area contributed by atoms with Gasteiger partial charge < -0.3 is 14.8 Å². The monoisotopic (exact) mass is 235 g/mol. The molecule has 94 valence electrons. The third-order valence-electron chi connectivity index (χ3n) is 2.84. The van der Waals surface area contributed by atoms with Crippen molar-refractivity contribution >= 4 is 5.69 Å². The minimum absolute atomic E-state index is 0.435. The first-order valence-electron chi connectivity index (χ1n) is 6.45. The molecule has 1 aromatic carbocycles. The smallest absolute Gasteiger partial charge is 0.121 e. The van der Waals surface area contributed by atoms with Crippen molar-refractivity contribution in [2.45, 2.75) is 32.2 Å². The maximum absolute atomic E-state index is 5.61.